The lowest BCUT2D eigenvalue weighted by atomic mass is 9.80. The summed E-state index contributed by atoms with van der Waals surface area (Å²) in [6.07, 6.45) is 2.62. The van der Waals surface area contributed by atoms with E-state index in [2.05, 4.69) is 9.27 Å². The third kappa shape index (κ3) is 2.67. The quantitative estimate of drug-likeness (QED) is 0.613. The van der Waals surface area contributed by atoms with Crippen molar-refractivity contribution in [2.24, 2.45) is 5.92 Å². The Morgan fingerprint density at radius 3 is 2.71 bits per heavy atom. The molecule has 4 heterocycles. The van der Waals surface area contributed by atoms with Gasteiger partial charge in [0, 0.05) is 44.1 Å². The Morgan fingerprint density at radius 2 is 1.94 bits per heavy atom. The number of fused-ring (bicyclic) bond motifs is 3. The molecule has 1 aromatic rings. The van der Waals surface area contributed by atoms with Gasteiger partial charge in [0.05, 0.1) is 11.4 Å². The van der Waals surface area contributed by atoms with E-state index in [0.717, 1.165) is 24.6 Å². The van der Waals surface area contributed by atoms with Crippen LogP contribution in [0.15, 0.2) is 34.8 Å². The van der Waals surface area contributed by atoms with Crippen molar-refractivity contribution in [3.05, 3.63) is 46.3 Å². The second kappa shape index (κ2) is 6.70. The minimum Gasteiger partial charge on any atom is -0.450 e. The lowest BCUT2D eigenvalue weighted by Gasteiger charge is -2.49. The molecule has 0 N–H and O–H groups in total. The van der Waals surface area contributed by atoms with E-state index < -0.39 is 29.4 Å². The first-order valence-electron chi connectivity index (χ1n) is 10.4. The Kier molecular flexibility index (Phi) is 4.13. The maximum absolute atomic E-state index is 15.8. The van der Waals surface area contributed by atoms with E-state index in [1.165, 1.54) is 0 Å². The summed E-state index contributed by atoms with van der Waals surface area (Å²) in [4.78, 5) is 30.6. The number of piperazine rings is 1. The summed E-state index contributed by atoms with van der Waals surface area (Å²) in [6, 6.07) is -0.511. The lowest BCUT2D eigenvalue weighted by molar-refractivity contribution is -0.137. The van der Waals surface area contributed by atoms with Crippen LogP contribution in [-0.4, -0.2) is 65.0 Å². The van der Waals surface area contributed by atoms with E-state index in [1.54, 1.807) is 4.90 Å². The first-order valence-corrected chi connectivity index (χ1v) is 11.2. The molecule has 5 aliphatic rings. The zero-order chi connectivity index (χ0) is 21.4. The van der Waals surface area contributed by atoms with E-state index in [4.69, 9.17) is 4.74 Å². The van der Waals surface area contributed by atoms with Crippen molar-refractivity contribution >= 4 is 28.1 Å². The molecule has 1 aromatic heterocycles. The predicted molar refractivity (Wildman–Crippen MR) is 108 cm³/mol. The molecule has 31 heavy (non-hydrogen) atoms. The van der Waals surface area contributed by atoms with E-state index >= 15 is 4.39 Å². The van der Waals surface area contributed by atoms with Crippen molar-refractivity contribution in [1.82, 2.24) is 14.2 Å². The summed E-state index contributed by atoms with van der Waals surface area (Å²) in [5.74, 6) is -2.65. The number of aromatic nitrogens is 1. The molecule has 6 rings (SSSR count). The minimum absolute atomic E-state index is 0.0442. The Hall–Kier alpha value is -2.59. The molecule has 2 unspecified atom stereocenters. The molecule has 0 bridgehead atoms. The second-order valence-corrected chi connectivity index (χ2v) is 9.34. The summed E-state index contributed by atoms with van der Waals surface area (Å²) >= 11 is 0.998. The highest BCUT2D eigenvalue weighted by Crippen LogP contribution is 2.51. The first kappa shape index (κ1) is 19.1. The van der Waals surface area contributed by atoms with Crippen molar-refractivity contribution in [3.63, 3.8) is 0 Å². The van der Waals surface area contributed by atoms with Gasteiger partial charge in [0.25, 0.3) is 5.78 Å². The molecule has 0 aromatic carbocycles. The molecule has 2 atom stereocenters. The summed E-state index contributed by atoms with van der Waals surface area (Å²) in [6.45, 7) is 2.93. The Balaban J connectivity index is 1.52. The third-order valence-electron chi connectivity index (χ3n) is 6.80. The highest BCUT2D eigenvalue weighted by molar-refractivity contribution is 7.10. The average Bonchev–Trinajstić information content (AvgIpc) is 3.14. The van der Waals surface area contributed by atoms with Crippen LogP contribution in [0.4, 0.5) is 13.8 Å². The SMILES string of the molecule is CN1CCN(C2=CC3Cc4c(F)nsc4N4C5=C(OC(=C2F)C34)C(=O)C(=O)CC5)CC1. The van der Waals surface area contributed by atoms with Gasteiger partial charge in [-0.15, -0.1) is 0 Å². The molecule has 3 aliphatic heterocycles. The van der Waals surface area contributed by atoms with Gasteiger partial charge < -0.3 is 19.4 Å². The van der Waals surface area contributed by atoms with Crippen molar-refractivity contribution in [2.75, 3.05) is 38.1 Å². The summed E-state index contributed by atoms with van der Waals surface area (Å²) in [7, 11) is 2.02. The van der Waals surface area contributed by atoms with Gasteiger partial charge in [0.15, 0.2) is 17.3 Å². The molecular weight excluding hydrogens is 426 g/mol. The number of anilines is 1. The van der Waals surface area contributed by atoms with Crippen LogP contribution in [0, 0.1) is 11.9 Å². The van der Waals surface area contributed by atoms with Crippen molar-refractivity contribution in [1.29, 1.82) is 0 Å². The van der Waals surface area contributed by atoms with Gasteiger partial charge >= 0.3 is 0 Å². The van der Waals surface area contributed by atoms with Gasteiger partial charge in [-0.3, -0.25) is 9.59 Å². The normalized spacial score (nSPS) is 28.3. The zero-order valence-electron chi connectivity index (χ0n) is 16.9. The number of nitrogens with zero attached hydrogens (tertiary/aromatic N) is 4. The van der Waals surface area contributed by atoms with Crippen LogP contribution >= 0.6 is 11.5 Å². The molecule has 1 saturated heterocycles. The molecule has 2 aliphatic carbocycles. The van der Waals surface area contributed by atoms with E-state index in [1.807, 2.05) is 18.0 Å². The number of ketones is 2. The number of hydrogen-bond acceptors (Lipinski definition) is 8. The smallest absolute Gasteiger partial charge is 0.265 e. The molecule has 10 heteroatoms. The number of rotatable bonds is 1. The molecule has 162 valence electrons. The number of carbonyl (C=O) groups excluding carboxylic acids is 2. The highest BCUT2D eigenvalue weighted by atomic mass is 32.1. The third-order valence-corrected chi connectivity index (χ3v) is 7.67. The monoisotopic (exact) mass is 446 g/mol. The fraction of sp³-hybridized carbons (Fsp3) is 0.476. The number of hydrogen-bond donors (Lipinski definition) is 0. The van der Waals surface area contributed by atoms with Gasteiger partial charge in [0.1, 0.15) is 11.0 Å². The highest BCUT2D eigenvalue weighted by Gasteiger charge is 2.51. The largest absolute Gasteiger partial charge is 0.450 e. The topological polar surface area (TPSA) is 66.0 Å². The Bertz CT molecular complexity index is 1120. The number of Topliss-reactive ketones (excluding diaryl/α,β-unsaturated/α-hetero) is 2. The maximum Gasteiger partial charge on any atom is 0.265 e. The van der Waals surface area contributed by atoms with E-state index in [-0.39, 0.29) is 23.9 Å². The van der Waals surface area contributed by atoms with Gasteiger partial charge in [-0.05, 0) is 31.4 Å². The van der Waals surface area contributed by atoms with Crippen LogP contribution in [0.1, 0.15) is 18.4 Å². The number of allylic oxidation sites excluding steroid dienone is 3. The van der Waals surface area contributed by atoms with Crippen LogP contribution in [0.3, 0.4) is 0 Å². The Labute approximate surface area is 181 Å². The predicted octanol–water partition coefficient (Wildman–Crippen LogP) is 2.13. The van der Waals surface area contributed by atoms with Gasteiger partial charge in [-0.1, -0.05) is 6.08 Å². The number of halogens is 2. The molecular formula is C21H20F2N4O3S. The molecule has 0 saturated carbocycles. The van der Waals surface area contributed by atoms with Crippen LogP contribution < -0.4 is 4.90 Å². The number of ether oxygens (including phenoxy) is 1. The van der Waals surface area contributed by atoms with Crippen molar-refractivity contribution in [2.45, 2.75) is 25.3 Å². The van der Waals surface area contributed by atoms with Crippen LogP contribution in [-0.2, 0) is 20.7 Å². The average molecular weight is 446 g/mol. The van der Waals surface area contributed by atoms with E-state index in [0.29, 0.717) is 47.9 Å². The fourth-order valence-electron chi connectivity index (χ4n) is 5.15. The Morgan fingerprint density at radius 1 is 1.16 bits per heavy atom. The molecule has 1 fully saturated rings. The number of carbonyl (C=O) groups is 2. The minimum atomic E-state index is -0.746. The molecule has 0 spiro atoms. The van der Waals surface area contributed by atoms with Gasteiger partial charge in [-0.25, -0.2) is 4.39 Å². The zero-order valence-corrected chi connectivity index (χ0v) is 17.7. The number of likely N-dealkylation sites (N-methyl/N-ethyl adjacent to an activating group) is 1. The van der Waals surface area contributed by atoms with Crippen molar-refractivity contribution < 1.29 is 23.1 Å². The summed E-state index contributed by atoms with van der Waals surface area (Å²) < 4.78 is 40.1. The van der Waals surface area contributed by atoms with Crippen molar-refractivity contribution in [3.8, 4) is 0 Å². The molecule has 7 nitrogen and oxygen atoms in total. The fourth-order valence-corrected chi connectivity index (χ4v) is 6.02. The summed E-state index contributed by atoms with van der Waals surface area (Å²) in [5.41, 5.74) is 1.42. The lowest BCUT2D eigenvalue weighted by Crippen LogP contribution is -2.53. The van der Waals surface area contributed by atoms with Gasteiger partial charge in [0.2, 0.25) is 11.7 Å². The summed E-state index contributed by atoms with van der Waals surface area (Å²) in [5, 5.41) is 0.568. The molecule has 0 amide bonds. The first-order chi connectivity index (χ1) is 14.9. The molecule has 0 radical (unpaired) electrons. The second-order valence-electron chi connectivity index (χ2n) is 8.59. The van der Waals surface area contributed by atoms with Crippen LogP contribution in [0.5, 0.6) is 0 Å². The standard InChI is InChI=1S/C21H20F2N4O3S/c1-25-4-6-26(7-5-25)13-9-10-8-11-20(23)24-31-21(11)27-12-2-3-14(28)17(29)18(12)30-19(15(13)22)16(10)27/h9-10,16H,2-8H2,1H3. The van der Waals surface area contributed by atoms with Crippen LogP contribution in [0.2, 0.25) is 0 Å². The van der Waals surface area contributed by atoms with Gasteiger partial charge in [-0.2, -0.15) is 8.76 Å². The van der Waals surface area contributed by atoms with Crippen LogP contribution in [0.25, 0.3) is 0 Å². The maximum atomic E-state index is 15.8. The van der Waals surface area contributed by atoms with E-state index in [9.17, 15) is 14.0 Å².